The Hall–Kier alpha value is 0.945. The Kier molecular flexibility index (Phi) is 10.2. The van der Waals surface area contributed by atoms with Gasteiger partial charge in [-0.2, -0.15) is 0 Å². The highest BCUT2D eigenvalue weighted by Crippen LogP contribution is 2.12. The van der Waals surface area contributed by atoms with Crippen LogP contribution >= 0.6 is 34.8 Å². The average Bonchev–Trinajstić information content (AvgIpc) is 2.46. The van der Waals surface area contributed by atoms with E-state index in [0.29, 0.717) is 0 Å². The first kappa shape index (κ1) is 20.0. The molecule has 117 valence electrons. The molecule has 21 heavy (non-hydrogen) atoms. The van der Waals surface area contributed by atoms with Gasteiger partial charge in [0, 0.05) is 16.1 Å². The zero-order valence-electron chi connectivity index (χ0n) is 13.2. The molecule has 1 saturated heterocycles. The molecule has 3 radical (unpaired) electrons. The van der Waals surface area contributed by atoms with Crippen LogP contribution in [0, 0.1) is 0 Å². The summed E-state index contributed by atoms with van der Waals surface area (Å²) in [5, 5.41) is 0.403. The molecule has 0 bridgehead atoms. The molecule has 0 spiro atoms. The number of alkyl halides is 3. The lowest BCUT2D eigenvalue weighted by atomic mass is 9.73. The van der Waals surface area contributed by atoms with Crippen molar-refractivity contribution in [2.75, 3.05) is 19.6 Å². The van der Waals surface area contributed by atoms with Crippen LogP contribution < -0.4 is 0 Å². The Morgan fingerprint density at radius 2 is 0.857 bits per heavy atom. The largest absolute Gasteiger partial charge is 0.364 e. The second-order valence-electron chi connectivity index (χ2n) is 5.45. The lowest BCUT2D eigenvalue weighted by molar-refractivity contribution is 0.460. The molecule has 0 aromatic rings. The minimum atomic E-state index is 0.134. The van der Waals surface area contributed by atoms with E-state index < -0.39 is 0 Å². The normalized spacial score (nSPS) is 22.0. The van der Waals surface area contributed by atoms with Gasteiger partial charge in [-0.05, 0) is 38.9 Å². The molecule has 3 nitrogen and oxygen atoms in total. The van der Waals surface area contributed by atoms with E-state index in [2.05, 4.69) is 57.6 Å². The maximum atomic E-state index is 6.28. The van der Waals surface area contributed by atoms with E-state index in [9.17, 15) is 0 Å². The van der Waals surface area contributed by atoms with Crippen LogP contribution in [0.15, 0.2) is 0 Å². The smallest absolute Gasteiger partial charge is 0.290 e. The summed E-state index contributed by atoms with van der Waals surface area (Å²) >= 11 is 18.8. The summed E-state index contributed by atoms with van der Waals surface area (Å²) < 4.78 is 6.37. The highest BCUT2D eigenvalue weighted by Gasteiger charge is 2.30. The highest BCUT2D eigenvalue weighted by atomic mass is 35.5. The standard InChI is InChI=1S/C12H24B3Cl3N3/c1-4-10(16)7-19-13-20(8-11(17)5-2)15-21(14-19)9-12(18)6-3/h10-12H,4-9H2,1-3H3. The Bertz CT molecular complexity index is 243. The fourth-order valence-electron chi connectivity index (χ4n) is 2.02. The fourth-order valence-corrected chi connectivity index (χ4v) is 2.50. The van der Waals surface area contributed by atoms with Gasteiger partial charge in [-0.15, -0.1) is 34.8 Å². The first-order valence-corrected chi connectivity index (χ1v) is 9.03. The van der Waals surface area contributed by atoms with Crippen molar-refractivity contribution in [1.29, 1.82) is 0 Å². The third kappa shape index (κ3) is 7.85. The number of halogens is 3. The monoisotopic (exact) mass is 348 g/mol. The van der Waals surface area contributed by atoms with Gasteiger partial charge in [0.25, 0.3) is 22.6 Å². The summed E-state index contributed by atoms with van der Waals surface area (Å²) in [6.45, 7) is 8.66. The minimum Gasteiger partial charge on any atom is -0.364 e. The van der Waals surface area contributed by atoms with Gasteiger partial charge in [-0.3, -0.25) is 0 Å². The molecule has 1 rings (SSSR count). The Morgan fingerprint density at radius 1 is 0.619 bits per heavy atom. The quantitative estimate of drug-likeness (QED) is 0.468. The van der Waals surface area contributed by atoms with E-state index in [1.54, 1.807) is 0 Å². The predicted octanol–water partition coefficient (Wildman–Crippen LogP) is 2.56. The predicted molar refractivity (Wildman–Crippen MR) is 97.2 cm³/mol. The Morgan fingerprint density at radius 3 is 1.05 bits per heavy atom. The number of nitrogens with zero attached hydrogens (tertiary/aromatic N) is 3. The van der Waals surface area contributed by atoms with Gasteiger partial charge in [0.05, 0.1) is 0 Å². The molecular formula is C12H24B3Cl3N3. The van der Waals surface area contributed by atoms with Gasteiger partial charge >= 0.3 is 0 Å². The molecule has 0 amide bonds. The topological polar surface area (TPSA) is 9.72 Å². The summed E-state index contributed by atoms with van der Waals surface area (Å²) in [6, 6.07) is 0. The van der Waals surface area contributed by atoms with Crippen molar-refractivity contribution in [3.63, 3.8) is 0 Å². The van der Waals surface area contributed by atoms with Crippen LogP contribution in [0.3, 0.4) is 0 Å². The molecule has 0 saturated carbocycles. The van der Waals surface area contributed by atoms with Gasteiger partial charge in [-0.1, -0.05) is 20.8 Å². The molecule has 1 fully saturated rings. The maximum absolute atomic E-state index is 6.28. The molecule has 0 aliphatic carbocycles. The van der Waals surface area contributed by atoms with Gasteiger partial charge in [0.2, 0.25) is 0 Å². The van der Waals surface area contributed by atoms with E-state index in [1.807, 2.05) is 0 Å². The maximum Gasteiger partial charge on any atom is 0.290 e. The van der Waals surface area contributed by atoms with Gasteiger partial charge in [0.1, 0.15) is 0 Å². The summed E-state index contributed by atoms with van der Waals surface area (Å²) in [5.74, 6) is 0. The van der Waals surface area contributed by atoms with Gasteiger partial charge < -0.3 is 14.2 Å². The van der Waals surface area contributed by atoms with Crippen molar-refractivity contribution in [1.82, 2.24) is 14.2 Å². The molecule has 0 N–H and O–H groups in total. The summed E-state index contributed by atoms with van der Waals surface area (Å²) in [6.07, 6.45) is 2.84. The minimum absolute atomic E-state index is 0.134. The molecule has 3 unspecified atom stereocenters. The molecule has 0 aromatic carbocycles. The first-order chi connectivity index (χ1) is 9.98. The number of rotatable bonds is 9. The molecule has 1 aliphatic rings. The second kappa shape index (κ2) is 10.7. The zero-order chi connectivity index (χ0) is 15.8. The molecular weight excluding hydrogens is 325 g/mol. The van der Waals surface area contributed by atoms with E-state index in [1.165, 1.54) is 0 Å². The lowest BCUT2D eigenvalue weighted by Crippen LogP contribution is -2.63. The first-order valence-electron chi connectivity index (χ1n) is 7.72. The lowest BCUT2D eigenvalue weighted by Gasteiger charge is -2.41. The number of hydrogen-bond acceptors (Lipinski definition) is 3. The SMILES string of the molecule is CCC(Cl)CN1[B]N(CC(Cl)CC)[B]N(CC(Cl)CC)[B]1. The highest BCUT2D eigenvalue weighted by molar-refractivity contribution is 6.65. The zero-order valence-corrected chi connectivity index (χ0v) is 15.5. The fraction of sp³-hybridized carbons (Fsp3) is 1.00. The van der Waals surface area contributed by atoms with E-state index in [-0.39, 0.29) is 16.1 Å². The van der Waals surface area contributed by atoms with Crippen molar-refractivity contribution in [3.8, 4) is 0 Å². The Labute approximate surface area is 147 Å². The van der Waals surface area contributed by atoms with Crippen LogP contribution in [0.25, 0.3) is 0 Å². The van der Waals surface area contributed by atoms with Crippen LogP contribution in [-0.2, 0) is 0 Å². The second-order valence-corrected chi connectivity index (χ2v) is 7.31. The van der Waals surface area contributed by atoms with E-state index in [0.717, 1.165) is 38.9 Å². The van der Waals surface area contributed by atoms with E-state index in [4.69, 9.17) is 34.8 Å². The molecule has 3 atom stereocenters. The molecule has 1 aliphatic heterocycles. The van der Waals surface area contributed by atoms with E-state index >= 15 is 0 Å². The van der Waals surface area contributed by atoms with Crippen LogP contribution in [-0.4, -0.2) is 72.6 Å². The molecule has 1 heterocycles. The average molecular weight is 349 g/mol. The van der Waals surface area contributed by atoms with Gasteiger partial charge in [0.15, 0.2) is 0 Å². The Balaban J connectivity index is 2.59. The van der Waals surface area contributed by atoms with Crippen LogP contribution in [0.2, 0.25) is 0 Å². The van der Waals surface area contributed by atoms with Crippen molar-refractivity contribution in [2.24, 2.45) is 0 Å². The van der Waals surface area contributed by atoms with Crippen molar-refractivity contribution in [3.05, 3.63) is 0 Å². The van der Waals surface area contributed by atoms with Crippen LogP contribution in [0.5, 0.6) is 0 Å². The third-order valence-corrected chi connectivity index (χ3v) is 4.79. The summed E-state index contributed by atoms with van der Waals surface area (Å²) in [7, 11) is 6.21. The van der Waals surface area contributed by atoms with Crippen molar-refractivity contribution >= 4 is 57.5 Å². The molecule has 0 aromatic heterocycles. The molecule has 9 heteroatoms. The van der Waals surface area contributed by atoms with Crippen molar-refractivity contribution in [2.45, 2.75) is 56.2 Å². The van der Waals surface area contributed by atoms with Crippen LogP contribution in [0.4, 0.5) is 0 Å². The summed E-state index contributed by atoms with van der Waals surface area (Å²) in [5.41, 5.74) is 0. The summed E-state index contributed by atoms with van der Waals surface area (Å²) in [4.78, 5) is 0. The number of hydrogen-bond donors (Lipinski definition) is 0. The van der Waals surface area contributed by atoms with Crippen molar-refractivity contribution < 1.29 is 0 Å². The van der Waals surface area contributed by atoms with Gasteiger partial charge in [-0.25, -0.2) is 0 Å². The third-order valence-electron chi connectivity index (χ3n) is 3.45. The van der Waals surface area contributed by atoms with Crippen LogP contribution in [0.1, 0.15) is 40.0 Å².